The largest absolute Gasteiger partial charge is 0.417 e. The summed E-state index contributed by atoms with van der Waals surface area (Å²) in [6.07, 6.45) is -4.66. The highest BCUT2D eigenvalue weighted by Gasteiger charge is 2.34. The molecule has 2 aromatic heterocycles. The van der Waals surface area contributed by atoms with E-state index in [1.165, 1.54) is 12.1 Å². The van der Waals surface area contributed by atoms with E-state index in [0.29, 0.717) is 45.1 Å². The molecule has 2 heterocycles. The average molecular weight is 669 g/mol. The van der Waals surface area contributed by atoms with Crippen LogP contribution in [0.1, 0.15) is 16.7 Å². The number of nitrogens with zero attached hydrogens (tertiary/aromatic N) is 6. The number of fused-ring (bicyclic) bond motifs is 3. The average Bonchev–Trinajstić information content (AvgIpc) is 3.50. The standard InChI is InChI=1S/C42H23F3N6/c43-42(44,45)36-14-8-7-13-31(36)35-23-30(51-37-21-26(24-46)15-18-32(37)33-19-16-27(25-47)22-38(33)51)17-20-34(35)41-49-39(28-9-3-1-4-10-28)48-40(50-41)29-11-5-2-6-12-29/h1-23H. The zero-order valence-electron chi connectivity index (χ0n) is 26.6. The van der Waals surface area contributed by atoms with Crippen molar-refractivity contribution >= 4 is 21.8 Å². The lowest BCUT2D eigenvalue weighted by Crippen LogP contribution is -2.08. The topological polar surface area (TPSA) is 91.2 Å². The van der Waals surface area contributed by atoms with Gasteiger partial charge in [0.05, 0.1) is 39.9 Å². The summed E-state index contributed by atoms with van der Waals surface area (Å²) in [5, 5.41) is 21.2. The van der Waals surface area contributed by atoms with E-state index in [4.69, 9.17) is 15.0 Å². The minimum atomic E-state index is -4.66. The van der Waals surface area contributed by atoms with Gasteiger partial charge in [0.25, 0.3) is 0 Å². The summed E-state index contributed by atoms with van der Waals surface area (Å²) in [4.78, 5) is 14.4. The summed E-state index contributed by atoms with van der Waals surface area (Å²) < 4.78 is 45.9. The van der Waals surface area contributed by atoms with Gasteiger partial charge in [0, 0.05) is 33.2 Å². The van der Waals surface area contributed by atoms with Crippen molar-refractivity contribution in [2.24, 2.45) is 0 Å². The molecular weight excluding hydrogens is 645 g/mol. The molecule has 0 aliphatic carbocycles. The van der Waals surface area contributed by atoms with Crippen LogP contribution < -0.4 is 0 Å². The maximum Gasteiger partial charge on any atom is 0.417 e. The van der Waals surface area contributed by atoms with E-state index in [2.05, 4.69) is 12.1 Å². The number of alkyl halides is 3. The molecule has 6 nitrogen and oxygen atoms in total. The lowest BCUT2D eigenvalue weighted by Gasteiger charge is -2.18. The minimum Gasteiger partial charge on any atom is -0.309 e. The monoisotopic (exact) mass is 668 g/mol. The van der Waals surface area contributed by atoms with Gasteiger partial charge in [0.2, 0.25) is 0 Å². The molecule has 242 valence electrons. The van der Waals surface area contributed by atoms with Crippen LogP contribution in [0.5, 0.6) is 0 Å². The lowest BCUT2D eigenvalue weighted by atomic mass is 9.93. The van der Waals surface area contributed by atoms with Gasteiger partial charge in [0.15, 0.2) is 17.5 Å². The number of nitriles is 2. The molecule has 0 bridgehead atoms. The molecular formula is C42H23F3N6. The van der Waals surface area contributed by atoms with Crippen molar-refractivity contribution in [3.8, 4) is 63.1 Å². The highest BCUT2D eigenvalue weighted by molar-refractivity contribution is 6.10. The van der Waals surface area contributed by atoms with Crippen LogP contribution in [0.2, 0.25) is 0 Å². The molecule has 0 radical (unpaired) electrons. The van der Waals surface area contributed by atoms with Gasteiger partial charge in [-0.3, -0.25) is 0 Å². The van der Waals surface area contributed by atoms with Gasteiger partial charge in [-0.2, -0.15) is 23.7 Å². The zero-order valence-corrected chi connectivity index (χ0v) is 26.6. The van der Waals surface area contributed by atoms with Gasteiger partial charge in [0.1, 0.15) is 0 Å². The molecule has 0 saturated carbocycles. The van der Waals surface area contributed by atoms with Gasteiger partial charge >= 0.3 is 6.18 Å². The second kappa shape index (κ2) is 12.4. The van der Waals surface area contributed by atoms with E-state index in [0.717, 1.165) is 28.0 Å². The first-order valence-electron chi connectivity index (χ1n) is 15.9. The van der Waals surface area contributed by atoms with Crippen LogP contribution in [0.3, 0.4) is 0 Å². The fraction of sp³-hybridized carbons (Fsp3) is 0.0238. The Hall–Kier alpha value is -7.10. The van der Waals surface area contributed by atoms with E-state index in [9.17, 15) is 23.7 Å². The van der Waals surface area contributed by atoms with Gasteiger partial charge < -0.3 is 4.57 Å². The van der Waals surface area contributed by atoms with Crippen LogP contribution in [-0.4, -0.2) is 19.5 Å². The predicted octanol–water partition coefficient (Wildman–Crippen LogP) is 10.4. The Labute approximate surface area is 290 Å². The fourth-order valence-electron chi connectivity index (χ4n) is 6.42. The molecule has 0 aliphatic rings. The molecule has 0 amide bonds. The number of halogens is 3. The first-order valence-corrected chi connectivity index (χ1v) is 15.9. The Bertz CT molecular complexity index is 2580. The predicted molar refractivity (Wildman–Crippen MR) is 190 cm³/mol. The molecule has 0 aliphatic heterocycles. The number of rotatable bonds is 5. The first kappa shape index (κ1) is 31.2. The van der Waals surface area contributed by atoms with Gasteiger partial charge in [-0.15, -0.1) is 0 Å². The molecule has 8 rings (SSSR count). The van der Waals surface area contributed by atoms with Crippen LogP contribution >= 0.6 is 0 Å². The Kier molecular flexibility index (Phi) is 7.59. The fourth-order valence-corrected chi connectivity index (χ4v) is 6.42. The van der Waals surface area contributed by atoms with Crippen molar-refractivity contribution in [2.75, 3.05) is 0 Å². The van der Waals surface area contributed by atoms with E-state index in [1.54, 1.807) is 48.5 Å². The van der Waals surface area contributed by atoms with Crippen molar-refractivity contribution in [1.29, 1.82) is 10.5 Å². The third-order valence-corrected chi connectivity index (χ3v) is 8.75. The molecule has 0 unspecified atom stereocenters. The van der Waals surface area contributed by atoms with Gasteiger partial charge in [-0.25, -0.2) is 15.0 Å². The molecule has 8 aromatic rings. The van der Waals surface area contributed by atoms with Crippen LogP contribution in [0.25, 0.3) is 72.8 Å². The van der Waals surface area contributed by atoms with Crippen molar-refractivity contribution < 1.29 is 13.2 Å². The first-order chi connectivity index (χ1) is 24.8. The normalized spacial score (nSPS) is 11.4. The number of hydrogen-bond acceptors (Lipinski definition) is 5. The zero-order chi connectivity index (χ0) is 35.1. The Morgan fingerprint density at radius 1 is 0.490 bits per heavy atom. The SMILES string of the molecule is N#Cc1ccc2c3ccc(C#N)cc3n(-c3ccc(-c4nc(-c5ccccc5)nc(-c5ccccc5)n4)c(-c4ccccc4C(F)(F)F)c3)c2c1. The lowest BCUT2D eigenvalue weighted by molar-refractivity contribution is -0.137. The Morgan fingerprint density at radius 2 is 1.00 bits per heavy atom. The van der Waals surface area contributed by atoms with Crippen molar-refractivity contribution in [1.82, 2.24) is 19.5 Å². The van der Waals surface area contributed by atoms with Crippen LogP contribution in [0, 0.1) is 22.7 Å². The Morgan fingerprint density at radius 3 is 1.53 bits per heavy atom. The number of benzene rings is 6. The molecule has 51 heavy (non-hydrogen) atoms. The van der Waals surface area contributed by atoms with Crippen LogP contribution in [0.15, 0.2) is 140 Å². The van der Waals surface area contributed by atoms with Crippen molar-refractivity contribution in [3.63, 3.8) is 0 Å². The van der Waals surface area contributed by atoms with Gasteiger partial charge in [-0.1, -0.05) is 91.0 Å². The summed E-state index contributed by atoms with van der Waals surface area (Å²) in [7, 11) is 0. The second-order valence-electron chi connectivity index (χ2n) is 11.8. The van der Waals surface area contributed by atoms with E-state index in [-0.39, 0.29) is 17.0 Å². The summed E-state index contributed by atoms with van der Waals surface area (Å²) >= 11 is 0. The van der Waals surface area contributed by atoms with Gasteiger partial charge in [-0.05, 0) is 59.7 Å². The van der Waals surface area contributed by atoms with E-state index in [1.807, 2.05) is 77.4 Å². The van der Waals surface area contributed by atoms with Crippen molar-refractivity contribution in [2.45, 2.75) is 6.18 Å². The van der Waals surface area contributed by atoms with E-state index < -0.39 is 11.7 Å². The molecule has 0 saturated heterocycles. The summed E-state index contributed by atoms with van der Waals surface area (Å²) in [6.45, 7) is 0. The Balaban J connectivity index is 1.46. The quantitative estimate of drug-likeness (QED) is 0.182. The molecule has 0 spiro atoms. The third-order valence-electron chi connectivity index (χ3n) is 8.75. The maximum absolute atomic E-state index is 14.7. The molecule has 0 N–H and O–H groups in total. The smallest absolute Gasteiger partial charge is 0.309 e. The molecule has 9 heteroatoms. The van der Waals surface area contributed by atoms with E-state index >= 15 is 0 Å². The maximum atomic E-state index is 14.7. The second-order valence-corrected chi connectivity index (χ2v) is 11.8. The number of aromatic nitrogens is 4. The van der Waals surface area contributed by atoms with Crippen LogP contribution in [-0.2, 0) is 6.18 Å². The van der Waals surface area contributed by atoms with Crippen molar-refractivity contribution in [3.05, 3.63) is 156 Å². The summed E-state index contributed by atoms with van der Waals surface area (Å²) in [5.74, 6) is 0.935. The molecule has 0 atom stereocenters. The minimum absolute atomic E-state index is 0.0546. The summed E-state index contributed by atoms with van der Waals surface area (Å²) in [5.41, 5.74) is 3.87. The summed E-state index contributed by atoms with van der Waals surface area (Å²) in [6, 6.07) is 44.2. The molecule has 6 aromatic carbocycles. The highest BCUT2D eigenvalue weighted by Crippen LogP contribution is 2.43. The highest BCUT2D eigenvalue weighted by atomic mass is 19.4. The number of hydrogen-bond donors (Lipinski definition) is 0. The third kappa shape index (κ3) is 5.63. The van der Waals surface area contributed by atoms with Crippen LogP contribution in [0.4, 0.5) is 13.2 Å². The molecule has 0 fully saturated rings.